The van der Waals surface area contributed by atoms with Gasteiger partial charge in [0.25, 0.3) is 5.91 Å². The lowest BCUT2D eigenvalue weighted by Crippen LogP contribution is -2.14. The molecule has 0 atom stereocenters. The van der Waals surface area contributed by atoms with Gasteiger partial charge < -0.3 is 10.1 Å². The van der Waals surface area contributed by atoms with E-state index in [1.165, 1.54) is 24.3 Å². The standard InChI is InChI=1S/C18H17F2NO3/c1-2-3-10-24-18(23)12-4-7-14(8-5-12)21-17(22)15-11-13(19)6-9-16(15)20/h4-9,11H,2-3,10H2,1H3,(H,21,22). The maximum absolute atomic E-state index is 13.6. The molecule has 1 N–H and O–H groups in total. The number of ether oxygens (including phenoxy) is 1. The number of hydrogen-bond donors (Lipinski definition) is 1. The van der Waals surface area contributed by atoms with Crippen molar-refractivity contribution in [3.05, 3.63) is 65.2 Å². The quantitative estimate of drug-likeness (QED) is 0.637. The van der Waals surface area contributed by atoms with Crippen LogP contribution in [0.25, 0.3) is 0 Å². The second kappa shape index (κ2) is 8.19. The molecule has 0 bridgehead atoms. The SMILES string of the molecule is CCCCOC(=O)c1ccc(NC(=O)c2cc(F)ccc2F)cc1. The van der Waals surface area contributed by atoms with Crippen LogP contribution in [0, 0.1) is 11.6 Å². The topological polar surface area (TPSA) is 55.4 Å². The highest BCUT2D eigenvalue weighted by Crippen LogP contribution is 2.15. The fourth-order valence-corrected chi connectivity index (χ4v) is 1.95. The number of carbonyl (C=O) groups is 2. The summed E-state index contributed by atoms with van der Waals surface area (Å²) < 4.78 is 31.7. The second-order valence-electron chi connectivity index (χ2n) is 5.15. The van der Waals surface area contributed by atoms with Gasteiger partial charge in [-0.3, -0.25) is 4.79 Å². The van der Waals surface area contributed by atoms with Crippen molar-refractivity contribution in [3.63, 3.8) is 0 Å². The highest BCUT2D eigenvalue weighted by Gasteiger charge is 2.13. The predicted octanol–water partition coefficient (Wildman–Crippen LogP) is 4.17. The van der Waals surface area contributed by atoms with Crippen molar-refractivity contribution >= 4 is 17.6 Å². The minimum Gasteiger partial charge on any atom is -0.462 e. The van der Waals surface area contributed by atoms with Crippen LogP contribution in [-0.4, -0.2) is 18.5 Å². The largest absolute Gasteiger partial charge is 0.462 e. The van der Waals surface area contributed by atoms with Gasteiger partial charge in [-0.1, -0.05) is 13.3 Å². The summed E-state index contributed by atoms with van der Waals surface area (Å²) in [6, 6.07) is 8.61. The fraction of sp³-hybridized carbons (Fsp3) is 0.222. The van der Waals surface area contributed by atoms with Crippen LogP contribution < -0.4 is 5.32 Å². The van der Waals surface area contributed by atoms with Gasteiger partial charge in [0.05, 0.1) is 17.7 Å². The van der Waals surface area contributed by atoms with E-state index in [1.54, 1.807) is 0 Å². The normalized spacial score (nSPS) is 10.3. The van der Waals surface area contributed by atoms with Crippen LogP contribution in [0.5, 0.6) is 0 Å². The maximum Gasteiger partial charge on any atom is 0.338 e. The molecular formula is C18H17F2NO3. The first-order chi connectivity index (χ1) is 11.5. The van der Waals surface area contributed by atoms with Gasteiger partial charge in [0, 0.05) is 5.69 Å². The molecule has 126 valence electrons. The predicted molar refractivity (Wildman–Crippen MR) is 85.9 cm³/mol. The van der Waals surface area contributed by atoms with E-state index < -0.39 is 29.1 Å². The van der Waals surface area contributed by atoms with Crippen LogP contribution in [0.4, 0.5) is 14.5 Å². The van der Waals surface area contributed by atoms with Crippen molar-refractivity contribution in [2.45, 2.75) is 19.8 Å². The fourth-order valence-electron chi connectivity index (χ4n) is 1.95. The first kappa shape index (κ1) is 17.6. The molecule has 0 fully saturated rings. The lowest BCUT2D eigenvalue weighted by Gasteiger charge is -2.08. The van der Waals surface area contributed by atoms with Gasteiger partial charge >= 0.3 is 5.97 Å². The summed E-state index contributed by atoms with van der Waals surface area (Å²) in [5, 5.41) is 2.45. The molecule has 0 saturated heterocycles. The molecule has 2 aromatic rings. The highest BCUT2D eigenvalue weighted by molar-refractivity contribution is 6.04. The molecular weight excluding hydrogens is 316 g/mol. The van der Waals surface area contributed by atoms with Gasteiger partial charge in [0.2, 0.25) is 0 Å². The first-order valence-corrected chi connectivity index (χ1v) is 7.55. The summed E-state index contributed by atoms with van der Waals surface area (Å²) in [7, 11) is 0. The van der Waals surface area contributed by atoms with Crippen LogP contribution in [0.3, 0.4) is 0 Å². The van der Waals surface area contributed by atoms with Crippen molar-refractivity contribution in [3.8, 4) is 0 Å². The molecule has 0 aromatic heterocycles. The number of rotatable bonds is 6. The highest BCUT2D eigenvalue weighted by atomic mass is 19.1. The number of unbranched alkanes of at least 4 members (excludes halogenated alkanes) is 1. The molecule has 2 aromatic carbocycles. The van der Waals surface area contributed by atoms with Crippen LogP contribution >= 0.6 is 0 Å². The van der Waals surface area contributed by atoms with Gasteiger partial charge in [-0.2, -0.15) is 0 Å². The lowest BCUT2D eigenvalue weighted by molar-refractivity contribution is 0.0499. The Bertz CT molecular complexity index is 730. The summed E-state index contributed by atoms with van der Waals surface area (Å²) in [5.41, 5.74) is 0.313. The third-order valence-electron chi connectivity index (χ3n) is 3.28. The van der Waals surface area contributed by atoms with E-state index >= 15 is 0 Å². The van der Waals surface area contributed by atoms with E-state index in [0.717, 1.165) is 31.0 Å². The molecule has 1 amide bonds. The van der Waals surface area contributed by atoms with Gasteiger partial charge in [0.1, 0.15) is 11.6 Å². The van der Waals surface area contributed by atoms with E-state index in [9.17, 15) is 18.4 Å². The number of benzene rings is 2. The molecule has 0 saturated carbocycles. The van der Waals surface area contributed by atoms with Crippen LogP contribution in [0.1, 0.15) is 40.5 Å². The Morgan fingerprint density at radius 1 is 1.08 bits per heavy atom. The summed E-state index contributed by atoms with van der Waals surface area (Å²) in [4.78, 5) is 23.7. The van der Waals surface area contributed by atoms with E-state index in [1.807, 2.05) is 6.92 Å². The molecule has 0 radical (unpaired) electrons. The molecule has 0 aliphatic rings. The zero-order valence-electron chi connectivity index (χ0n) is 13.1. The number of anilines is 1. The molecule has 0 aliphatic heterocycles. The Kier molecular flexibility index (Phi) is 6.01. The smallest absolute Gasteiger partial charge is 0.338 e. The zero-order valence-corrected chi connectivity index (χ0v) is 13.1. The van der Waals surface area contributed by atoms with E-state index in [0.29, 0.717) is 17.9 Å². The van der Waals surface area contributed by atoms with Crippen LogP contribution in [0.2, 0.25) is 0 Å². The molecule has 0 heterocycles. The zero-order chi connectivity index (χ0) is 17.5. The van der Waals surface area contributed by atoms with Crippen molar-refractivity contribution in [1.29, 1.82) is 0 Å². The summed E-state index contributed by atoms with van der Waals surface area (Å²) in [6.07, 6.45) is 1.72. The maximum atomic E-state index is 13.6. The third-order valence-corrected chi connectivity index (χ3v) is 3.28. The van der Waals surface area contributed by atoms with E-state index in [4.69, 9.17) is 4.74 Å². The van der Waals surface area contributed by atoms with Crippen molar-refractivity contribution < 1.29 is 23.1 Å². The minimum absolute atomic E-state index is 0.348. The van der Waals surface area contributed by atoms with Crippen LogP contribution in [0.15, 0.2) is 42.5 Å². The summed E-state index contributed by atoms with van der Waals surface area (Å²) in [5.74, 6) is -2.74. The van der Waals surface area contributed by atoms with E-state index in [2.05, 4.69) is 5.32 Å². The van der Waals surface area contributed by atoms with Crippen molar-refractivity contribution in [1.82, 2.24) is 0 Å². The molecule has 0 unspecified atom stereocenters. The average molecular weight is 333 g/mol. The summed E-state index contributed by atoms with van der Waals surface area (Å²) in [6.45, 7) is 2.35. The Hall–Kier alpha value is -2.76. The van der Waals surface area contributed by atoms with Crippen molar-refractivity contribution in [2.24, 2.45) is 0 Å². The molecule has 24 heavy (non-hydrogen) atoms. The summed E-state index contributed by atoms with van der Waals surface area (Å²) >= 11 is 0. The van der Waals surface area contributed by atoms with Gasteiger partial charge in [-0.15, -0.1) is 0 Å². The van der Waals surface area contributed by atoms with E-state index in [-0.39, 0.29) is 0 Å². The second-order valence-corrected chi connectivity index (χ2v) is 5.15. The first-order valence-electron chi connectivity index (χ1n) is 7.55. The third kappa shape index (κ3) is 4.62. The Morgan fingerprint density at radius 2 is 1.79 bits per heavy atom. The number of hydrogen-bond acceptors (Lipinski definition) is 3. The number of amides is 1. The Balaban J connectivity index is 2.02. The molecule has 4 nitrogen and oxygen atoms in total. The molecule has 6 heteroatoms. The van der Waals surface area contributed by atoms with Gasteiger partial charge in [-0.25, -0.2) is 13.6 Å². The number of carbonyl (C=O) groups excluding carboxylic acids is 2. The number of esters is 1. The monoisotopic (exact) mass is 333 g/mol. The Labute approximate surface area is 138 Å². The van der Waals surface area contributed by atoms with Crippen molar-refractivity contribution in [2.75, 3.05) is 11.9 Å². The molecule has 0 spiro atoms. The molecule has 0 aliphatic carbocycles. The van der Waals surface area contributed by atoms with Gasteiger partial charge in [0.15, 0.2) is 0 Å². The minimum atomic E-state index is -0.815. The van der Waals surface area contributed by atoms with Gasteiger partial charge in [-0.05, 0) is 48.9 Å². The Morgan fingerprint density at radius 3 is 2.46 bits per heavy atom. The number of nitrogens with one attached hydrogen (secondary N) is 1. The average Bonchev–Trinajstić information content (AvgIpc) is 2.57. The lowest BCUT2D eigenvalue weighted by atomic mass is 10.1. The van der Waals surface area contributed by atoms with Crippen LogP contribution in [-0.2, 0) is 4.74 Å². The molecule has 2 rings (SSSR count). The number of halogens is 2.